The summed E-state index contributed by atoms with van der Waals surface area (Å²) in [4.78, 5) is 58.7. The molecule has 0 saturated carbocycles. The monoisotopic (exact) mass is 471 g/mol. The molecule has 3 heterocycles. The number of nitrogen functional groups attached to an aromatic ring is 1. The van der Waals surface area contributed by atoms with E-state index in [1.807, 2.05) is 0 Å². The Morgan fingerprint density at radius 3 is 2.47 bits per heavy atom. The average molecular weight is 471 g/mol. The Kier molecular flexibility index (Phi) is 6.27. The molecule has 3 N–H and O–H groups in total. The number of esters is 3. The predicted molar refractivity (Wildman–Crippen MR) is 114 cm³/mol. The van der Waals surface area contributed by atoms with Crippen molar-refractivity contribution in [3.05, 3.63) is 52.6 Å². The Morgan fingerprint density at radius 2 is 1.79 bits per heavy atom. The van der Waals surface area contributed by atoms with Crippen LogP contribution < -0.4 is 11.3 Å². The topological polar surface area (TPSA) is 178 Å². The first-order valence-electron chi connectivity index (χ1n) is 10.2. The third-order valence-electron chi connectivity index (χ3n) is 5.00. The quantitative estimate of drug-likeness (QED) is 0.374. The summed E-state index contributed by atoms with van der Waals surface area (Å²) in [6.07, 6.45) is -3.17. The first-order valence-corrected chi connectivity index (χ1v) is 10.2. The summed E-state index contributed by atoms with van der Waals surface area (Å²) in [6, 6.07) is 8.28. The van der Waals surface area contributed by atoms with Crippen LogP contribution in [-0.4, -0.2) is 62.3 Å². The van der Waals surface area contributed by atoms with Crippen LogP contribution in [0.4, 0.5) is 5.95 Å². The molecular formula is C21H21N5O8. The van der Waals surface area contributed by atoms with Crippen LogP contribution in [0.3, 0.4) is 0 Å². The van der Waals surface area contributed by atoms with Gasteiger partial charge in [0.25, 0.3) is 5.56 Å². The van der Waals surface area contributed by atoms with Gasteiger partial charge in [-0.05, 0) is 12.1 Å². The van der Waals surface area contributed by atoms with Gasteiger partial charge in [-0.3, -0.25) is 23.9 Å². The van der Waals surface area contributed by atoms with Crippen LogP contribution in [0, 0.1) is 0 Å². The second-order valence-corrected chi connectivity index (χ2v) is 7.45. The fourth-order valence-corrected chi connectivity index (χ4v) is 3.66. The number of benzene rings is 1. The molecule has 1 saturated heterocycles. The molecule has 34 heavy (non-hydrogen) atoms. The van der Waals surface area contributed by atoms with Crippen molar-refractivity contribution in [3.8, 4) is 0 Å². The maximum atomic E-state index is 12.4. The first kappa shape index (κ1) is 22.9. The standard InChI is InChI=1S/C21H21N5O8/c1-10(27)32-15-13(8-31-20(30)12-6-4-3-5-7-12)34-19(16(15)33-11(2)28)26-9-23-14-17(26)24-21(22)25-18(14)29/h3-7,9,13,15-16,19H,8H2,1-2H3,(H3,22,24,25,29)/t13-,15-,16-,19-/m1/s1. The van der Waals surface area contributed by atoms with Crippen LogP contribution in [0.15, 0.2) is 41.5 Å². The lowest BCUT2D eigenvalue weighted by Gasteiger charge is -2.23. The van der Waals surface area contributed by atoms with Crippen LogP contribution in [0.5, 0.6) is 0 Å². The van der Waals surface area contributed by atoms with Gasteiger partial charge in [0.1, 0.15) is 12.7 Å². The van der Waals surface area contributed by atoms with Crippen molar-refractivity contribution in [2.45, 2.75) is 38.4 Å². The van der Waals surface area contributed by atoms with Gasteiger partial charge in [-0.2, -0.15) is 4.98 Å². The van der Waals surface area contributed by atoms with E-state index in [-0.39, 0.29) is 23.7 Å². The van der Waals surface area contributed by atoms with Gasteiger partial charge in [-0.25, -0.2) is 9.78 Å². The van der Waals surface area contributed by atoms with Gasteiger partial charge in [0.2, 0.25) is 5.95 Å². The predicted octanol–water partition coefficient (Wildman–Crippen LogP) is 0.320. The number of H-pyrrole nitrogens is 1. The molecule has 1 fully saturated rings. The van der Waals surface area contributed by atoms with Gasteiger partial charge in [0, 0.05) is 13.8 Å². The summed E-state index contributed by atoms with van der Waals surface area (Å²) in [7, 11) is 0. The lowest BCUT2D eigenvalue weighted by molar-refractivity contribution is -0.165. The van der Waals surface area contributed by atoms with Crippen molar-refractivity contribution in [1.82, 2.24) is 19.5 Å². The number of nitrogens with two attached hydrogens (primary N) is 1. The van der Waals surface area contributed by atoms with Crippen molar-refractivity contribution in [1.29, 1.82) is 0 Å². The molecule has 4 rings (SSSR count). The Balaban J connectivity index is 1.67. The van der Waals surface area contributed by atoms with E-state index in [1.54, 1.807) is 30.3 Å². The van der Waals surface area contributed by atoms with E-state index < -0.39 is 48.0 Å². The van der Waals surface area contributed by atoms with Crippen molar-refractivity contribution < 1.29 is 33.3 Å². The fourth-order valence-electron chi connectivity index (χ4n) is 3.66. The number of aromatic nitrogens is 4. The van der Waals surface area contributed by atoms with E-state index in [0.29, 0.717) is 5.56 Å². The summed E-state index contributed by atoms with van der Waals surface area (Å²) in [6.45, 7) is 2.04. The van der Waals surface area contributed by atoms with Crippen molar-refractivity contribution in [3.63, 3.8) is 0 Å². The summed E-state index contributed by atoms with van der Waals surface area (Å²) < 4.78 is 23.5. The Labute approximate surface area is 191 Å². The molecule has 0 amide bonds. The van der Waals surface area contributed by atoms with Crippen molar-refractivity contribution in [2.24, 2.45) is 0 Å². The highest BCUT2D eigenvalue weighted by molar-refractivity contribution is 5.89. The van der Waals surface area contributed by atoms with Gasteiger partial charge in [-0.15, -0.1) is 0 Å². The number of hydrogen-bond donors (Lipinski definition) is 2. The minimum absolute atomic E-state index is 0.0256. The highest BCUT2D eigenvalue weighted by Crippen LogP contribution is 2.35. The van der Waals surface area contributed by atoms with E-state index in [4.69, 9.17) is 24.7 Å². The number of nitrogens with zero attached hydrogens (tertiary/aromatic N) is 3. The van der Waals surface area contributed by atoms with Crippen molar-refractivity contribution in [2.75, 3.05) is 12.3 Å². The van der Waals surface area contributed by atoms with E-state index >= 15 is 0 Å². The van der Waals surface area contributed by atoms with Crippen LogP contribution in [-0.2, 0) is 28.5 Å². The molecule has 0 aliphatic carbocycles. The molecule has 178 valence electrons. The summed E-state index contributed by atoms with van der Waals surface area (Å²) in [5.74, 6) is -2.12. The Bertz CT molecular complexity index is 1290. The number of imidazole rings is 1. The fraction of sp³-hybridized carbons (Fsp3) is 0.333. The van der Waals surface area contributed by atoms with Gasteiger partial charge in [0.05, 0.1) is 11.9 Å². The van der Waals surface area contributed by atoms with Crippen LogP contribution >= 0.6 is 0 Å². The van der Waals surface area contributed by atoms with Crippen LogP contribution in [0.25, 0.3) is 11.2 Å². The molecular weight excluding hydrogens is 450 g/mol. The Hall–Kier alpha value is -4.26. The number of fused-ring (bicyclic) bond motifs is 1. The molecule has 13 heteroatoms. The molecule has 4 atom stereocenters. The number of nitrogens with one attached hydrogen (secondary N) is 1. The van der Waals surface area contributed by atoms with Crippen molar-refractivity contribution >= 4 is 35.0 Å². The second-order valence-electron chi connectivity index (χ2n) is 7.45. The molecule has 0 bridgehead atoms. The lowest BCUT2D eigenvalue weighted by Crippen LogP contribution is -2.40. The van der Waals surface area contributed by atoms with E-state index in [9.17, 15) is 19.2 Å². The number of aromatic amines is 1. The average Bonchev–Trinajstić information content (AvgIpc) is 3.34. The number of ether oxygens (including phenoxy) is 4. The number of carbonyl (C=O) groups is 3. The lowest BCUT2D eigenvalue weighted by atomic mass is 10.1. The Morgan fingerprint density at radius 1 is 1.12 bits per heavy atom. The molecule has 0 radical (unpaired) electrons. The first-order chi connectivity index (χ1) is 16.2. The zero-order chi connectivity index (χ0) is 24.4. The number of carbonyl (C=O) groups excluding carboxylic acids is 3. The normalized spacial score (nSPS) is 21.8. The van der Waals surface area contributed by atoms with E-state index in [2.05, 4.69) is 15.0 Å². The smallest absolute Gasteiger partial charge is 0.338 e. The number of hydrogen-bond acceptors (Lipinski definition) is 11. The number of anilines is 1. The van der Waals surface area contributed by atoms with Crippen LogP contribution in [0.2, 0.25) is 0 Å². The third-order valence-corrected chi connectivity index (χ3v) is 5.00. The zero-order valence-corrected chi connectivity index (χ0v) is 18.2. The third kappa shape index (κ3) is 4.59. The molecule has 13 nitrogen and oxygen atoms in total. The highest BCUT2D eigenvalue weighted by Gasteiger charge is 2.51. The molecule has 0 unspecified atom stereocenters. The van der Waals surface area contributed by atoms with Gasteiger partial charge < -0.3 is 24.7 Å². The van der Waals surface area contributed by atoms with Gasteiger partial charge in [-0.1, -0.05) is 18.2 Å². The maximum Gasteiger partial charge on any atom is 0.338 e. The van der Waals surface area contributed by atoms with E-state index in [0.717, 1.165) is 0 Å². The summed E-state index contributed by atoms with van der Waals surface area (Å²) in [5.41, 5.74) is 5.44. The summed E-state index contributed by atoms with van der Waals surface area (Å²) >= 11 is 0. The summed E-state index contributed by atoms with van der Waals surface area (Å²) in [5, 5.41) is 0. The van der Waals surface area contributed by atoms with Crippen LogP contribution in [0.1, 0.15) is 30.4 Å². The molecule has 1 aliphatic rings. The highest BCUT2D eigenvalue weighted by atomic mass is 16.7. The van der Waals surface area contributed by atoms with Gasteiger partial charge >= 0.3 is 17.9 Å². The zero-order valence-electron chi connectivity index (χ0n) is 18.2. The molecule has 1 aliphatic heterocycles. The van der Waals surface area contributed by atoms with E-state index in [1.165, 1.54) is 24.7 Å². The maximum absolute atomic E-state index is 12.4. The largest absolute Gasteiger partial charge is 0.459 e. The number of rotatable bonds is 6. The van der Waals surface area contributed by atoms with Gasteiger partial charge in [0.15, 0.2) is 29.6 Å². The molecule has 1 aromatic carbocycles. The molecule has 2 aromatic heterocycles. The minimum Gasteiger partial charge on any atom is -0.459 e. The molecule has 3 aromatic rings. The second kappa shape index (κ2) is 9.31. The molecule has 0 spiro atoms. The SMILES string of the molecule is CC(=O)O[C@@H]1[C@H](OC(C)=O)[C@@H](COC(=O)c2ccccc2)O[C@H]1n1cnc2c(=O)[nH]c(N)nc21. The minimum atomic E-state index is -1.17.